The Morgan fingerprint density at radius 2 is 1.93 bits per heavy atom. The van der Waals surface area contributed by atoms with Crippen LogP contribution in [0.1, 0.15) is 36.2 Å². The Kier molecular flexibility index (Phi) is 5.60. The maximum absolute atomic E-state index is 10.0. The number of benzene rings is 2. The average Bonchev–Trinajstić information content (AvgIpc) is 3.07. The molecule has 0 spiro atoms. The van der Waals surface area contributed by atoms with E-state index in [0.717, 1.165) is 36.6 Å². The first-order valence-electron chi connectivity index (χ1n) is 9.75. The van der Waals surface area contributed by atoms with Crippen LogP contribution in [0.25, 0.3) is 0 Å². The van der Waals surface area contributed by atoms with Gasteiger partial charge < -0.3 is 14.4 Å². The lowest BCUT2D eigenvalue weighted by Crippen LogP contribution is -2.29. The molecule has 1 aliphatic heterocycles. The molecule has 0 radical (unpaired) electrons. The third-order valence-electron chi connectivity index (χ3n) is 5.25. The number of nitrogens with zero attached hydrogens (tertiary/aromatic N) is 2. The number of aryl methyl sites for hydroxylation is 1. The fourth-order valence-electron chi connectivity index (χ4n) is 4.00. The lowest BCUT2D eigenvalue weighted by Gasteiger charge is -2.31. The fraction of sp³-hybridized carbons (Fsp3) is 0.304. The number of aromatic hydroxyl groups is 1. The molecule has 0 unspecified atom stereocenters. The summed E-state index contributed by atoms with van der Waals surface area (Å²) >= 11 is 6.13. The lowest BCUT2D eigenvalue weighted by molar-refractivity contribution is 0.219. The average molecular weight is 397 g/mol. The maximum Gasteiger partial charge on any atom is 0.161 e. The number of fused-ring (bicyclic) bond motifs is 1. The predicted octanol–water partition coefficient (Wildman–Crippen LogP) is 5.24. The first kappa shape index (κ1) is 18.9. The molecule has 2 heterocycles. The van der Waals surface area contributed by atoms with Gasteiger partial charge in [0.15, 0.2) is 11.5 Å². The van der Waals surface area contributed by atoms with Crippen molar-refractivity contribution in [3.05, 3.63) is 82.6 Å². The second-order valence-electron chi connectivity index (χ2n) is 7.14. The standard InChI is InChI=1S/C23H25ClN2O2/c1-2-28-22-15-17(6-11-21(22)27)16-26-14-4-13-25-12-3-5-20(25)23(26)18-7-9-19(24)10-8-18/h3,5-12,15,23,27H,2,4,13-14,16H2,1H3/t23-/m0/s1. The predicted molar refractivity (Wildman–Crippen MR) is 112 cm³/mol. The van der Waals surface area contributed by atoms with Crippen molar-refractivity contribution >= 4 is 11.6 Å². The Hall–Kier alpha value is -2.43. The van der Waals surface area contributed by atoms with Crippen molar-refractivity contribution in [3.63, 3.8) is 0 Å². The van der Waals surface area contributed by atoms with E-state index < -0.39 is 0 Å². The fourth-order valence-corrected chi connectivity index (χ4v) is 4.12. The second kappa shape index (κ2) is 8.29. The molecule has 1 aliphatic rings. The molecule has 0 aliphatic carbocycles. The Morgan fingerprint density at radius 3 is 2.71 bits per heavy atom. The van der Waals surface area contributed by atoms with E-state index in [1.807, 2.05) is 31.2 Å². The Labute approximate surface area is 170 Å². The van der Waals surface area contributed by atoms with Crippen molar-refractivity contribution in [2.75, 3.05) is 13.2 Å². The lowest BCUT2D eigenvalue weighted by atomic mass is 10.0. The van der Waals surface area contributed by atoms with Crippen LogP contribution in [-0.4, -0.2) is 27.7 Å². The Morgan fingerprint density at radius 1 is 1.11 bits per heavy atom. The van der Waals surface area contributed by atoms with Gasteiger partial charge in [0.2, 0.25) is 0 Å². The number of hydrogen-bond donors (Lipinski definition) is 1. The first-order valence-corrected chi connectivity index (χ1v) is 10.1. The molecule has 0 fully saturated rings. The molecular weight excluding hydrogens is 372 g/mol. The van der Waals surface area contributed by atoms with Gasteiger partial charge in [-0.2, -0.15) is 0 Å². The van der Waals surface area contributed by atoms with E-state index in [4.69, 9.17) is 16.3 Å². The molecule has 146 valence electrons. The normalized spacial score (nSPS) is 17.1. The number of halogens is 1. The number of phenols is 1. The van der Waals surface area contributed by atoms with Gasteiger partial charge in [0.1, 0.15) is 0 Å². The van der Waals surface area contributed by atoms with Gasteiger partial charge in [0.25, 0.3) is 0 Å². The minimum Gasteiger partial charge on any atom is -0.504 e. The third kappa shape index (κ3) is 3.89. The topological polar surface area (TPSA) is 37.6 Å². The molecule has 0 saturated heterocycles. The van der Waals surface area contributed by atoms with Gasteiger partial charge >= 0.3 is 0 Å². The molecule has 1 atom stereocenters. The third-order valence-corrected chi connectivity index (χ3v) is 5.50. The van der Waals surface area contributed by atoms with Crippen molar-refractivity contribution in [1.29, 1.82) is 0 Å². The van der Waals surface area contributed by atoms with E-state index in [1.54, 1.807) is 6.07 Å². The van der Waals surface area contributed by atoms with Gasteiger partial charge in [-0.15, -0.1) is 0 Å². The van der Waals surface area contributed by atoms with Gasteiger partial charge in [-0.1, -0.05) is 29.8 Å². The highest BCUT2D eigenvalue weighted by Gasteiger charge is 2.27. The summed E-state index contributed by atoms with van der Waals surface area (Å²) in [5.74, 6) is 0.728. The molecule has 4 rings (SSSR count). The number of rotatable bonds is 5. The van der Waals surface area contributed by atoms with Gasteiger partial charge in [0, 0.05) is 36.5 Å². The molecule has 28 heavy (non-hydrogen) atoms. The summed E-state index contributed by atoms with van der Waals surface area (Å²) < 4.78 is 7.92. The summed E-state index contributed by atoms with van der Waals surface area (Å²) in [4.78, 5) is 2.49. The van der Waals surface area contributed by atoms with E-state index in [-0.39, 0.29) is 11.8 Å². The molecule has 5 heteroatoms. The number of ether oxygens (including phenoxy) is 1. The quantitative estimate of drug-likeness (QED) is 0.640. The zero-order valence-electron chi connectivity index (χ0n) is 16.0. The molecule has 0 amide bonds. The van der Waals surface area contributed by atoms with Crippen LogP contribution in [0, 0.1) is 0 Å². The van der Waals surface area contributed by atoms with Crippen molar-refractivity contribution in [3.8, 4) is 11.5 Å². The molecule has 0 bridgehead atoms. The van der Waals surface area contributed by atoms with Crippen LogP contribution in [0.2, 0.25) is 5.02 Å². The van der Waals surface area contributed by atoms with Crippen LogP contribution >= 0.6 is 11.6 Å². The van der Waals surface area contributed by atoms with Crippen molar-refractivity contribution in [1.82, 2.24) is 9.47 Å². The monoisotopic (exact) mass is 396 g/mol. The Bertz CT molecular complexity index is 936. The molecule has 2 aromatic carbocycles. The van der Waals surface area contributed by atoms with Crippen molar-refractivity contribution < 1.29 is 9.84 Å². The first-order chi connectivity index (χ1) is 13.7. The van der Waals surface area contributed by atoms with Crippen LogP contribution in [0.5, 0.6) is 11.5 Å². The van der Waals surface area contributed by atoms with E-state index in [9.17, 15) is 5.11 Å². The van der Waals surface area contributed by atoms with E-state index >= 15 is 0 Å². The van der Waals surface area contributed by atoms with Gasteiger partial charge in [-0.05, 0) is 60.9 Å². The van der Waals surface area contributed by atoms with E-state index in [2.05, 4.69) is 39.9 Å². The summed E-state index contributed by atoms with van der Waals surface area (Å²) in [5, 5.41) is 10.8. The van der Waals surface area contributed by atoms with Gasteiger partial charge in [-0.25, -0.2) is 0 Å². The molecule has 1 N–H and O–H groups in total. The largest absolute Gasteiger partial charge is 0.504 e. The summed E-state index contributed by atoms with van der Waals surface area (Å²) in [7, 11) is 0. The Balaban J connectivity index is 1.69. The van der Waals surface area contributed by atoms with Crippen LogP contribution < -0.4 is 4.74 Å². The molecule has 3 aromatic rings. The molecule has 1 aromatic heterocycles. The molecular formula is C23H25ClN2O2. The highest BCUT2D eigenvalue weighted by molar-refractivity contribution is 6.30. The van der Waals surface area contributed by atoms with Crippen molar-refractivity contribution in [2.45, 2.75) is 32.5 Å². The van der Waals surface area contributed by atoms with Crippen LogP contribution in [0.15, 0.2) is 60.8 Å². The molecule has 0 saturated carbocycles. The highest BCUT2D eigenvalue weighted by atomic mass is 35.5. The zero-order chi connectivity index (χ0) is 19.5. The minimum absolute atomic E-state index is 0.152. The van der Waals surface area contributed by atoms with Gasteiger partial charge in [-0.3, -0.25) is 4.90 Å². The van der Waals surface area contributed by atoms with E-state index in [0.29, 0.717) is 12.4 Å². The van der Waals surface area contributed by atoms with Crippen LogP contribution in [0.3, 0.4) is 0 Å². The number of aromatic nitrogens is 1. The smallest absolute Gasteiger partial charge is 0.161 e. The SMILES string of the molecule is CCOc1cc(CN2CCCn3cccc3[C@@H]2c2ccc(Cl)cc2)ccc1O. The molecule has 4 nitrogen and oxygen atoms in total. The van der Waals surface area contributed by atoms with Gasteiger partial charge in [0.05, 0.1) is 12.6 Å². The zero-order valence-corrected chi connectivity index (χ0v) is 16.8. The maximum atomic E-state index is 10.0. The summed E-state index contributed by atoms with van der Waals surface area (Å²) in [5.41, 5.74) is 3.65. The summed E-state index contributed by atoms with van der Waals surface area (Å²) in [6.45, 7) is 5.23. The minimum atomic E-state index is 0.152. The van der Waals surface area contributed by atoms with Crippen molar-refractivity contribution in [2.24, 2.45) is 0 Å². The van der Waals surface area contributed by atoms with Crippen LogP contribution in [0.4, 0.5) is 0 Å². The van der Waals surface area contributed by atoms with Crippen LogP contribution in [-0.2, 0) is 13.1 Å². The van der Waals surface area contributed by atoms with E-state index in [1.165, 1.54) is 11.3 Å². The summed E-state index contributed by atoms with van der Waals surface area (Å²) in [6, 6.07) is 18.3. The number of phenolic OH excluding ortho intramolecular Hbond substituents is 1. The summed E-state index contributed by atoms with van der Waals surface area (Å²) in [6.07, 6.45) is 3.25. The second-order valence-corrected chi connectivity index (χ2v) is 7.58. The highest BCUT2D eigenvalue weighted by Crippen LogP contribution is 2.35. The number of hydrogen-bond acceptors (Lipinski definition) is 3.